The van der Waals surface area contributed by atoms with Crippen LogP contribution in [0.2, 0.25) is 0 Å². The van der Waals surface area contributed by atoms with E-state index >= 15 is 0 Å². The van der Waals surface area contributed by atoms with Crippen LogP contribution in [0.3, 0.4) is 0 Å². The summed E-state index contributed by atoms with van der Waals surface area (Å²) in [5.41, 5.74) is 1.41. The van der Waals surface area contributed by atoms with Crippen LogP contribution in [0.5, 0.6) is 0 Å². The van der Waals surface area contributed by atoms with Gasteiger partial charge >= 0.3 is 0 Å². The van der Waals surface area contributed by atoms with Gasteiger partial charge in [0.2, 0.25) is 0 Å². The van der Waals surface area contributed by atoms with Crippen LogP contribution in [0.15, 0.2) is 30.3 Å². The molecule has 94 valence electrons. The van der Waals surface area contributed by atoms with Crippen LogP contribution >= 0.6 is 0 Å². The van der Waals surface area contributed by atoms with E-state index < -0.39 is 0 Å². The zero-order chi connectivity index (χ0) is 12.5. The minimum absolute atomic E-state index is 0.194. The predicted octanol–water partition coefficient (Wildman–Crippen LogP) is 2.84. The van der Waals surface area contributed by atoms with E-state index in [-0.39, 0.29) is 12.1 Å². The molecule has 1 aromatic rings. The summed E-state index contributed by atoms with van der Waals surface area (Å²) in [5.74, 6) is 0. The first kappa shape index (κ1) is 12.6. The Hall–Kier alpha value is -0.860. The minimum Gasteiger partial charge on any atom is -0.387 e. The molecule has 2 nitrogen and oxygen atoms in total. The third-order valence-electron chi connectivity index (χ3n) is 3.88. The Morgan fingerprint density at radius 2 is 1.88 bits per heavy atom. The van der Waals surface area contributed by atoms with E-state index in [9.17, 15) is 5.11 Å². The van der Waals surface area contributed by atoms with Crippen molar-refractivity contribution in [3.05, 3.63) is 35.9 Å². The first-order chi connectivity index (χ1) is 7.99. The highest BCUT2D eigenvalue weighted by Gasteiger charge is 2.34. The molecule has 1 aromatic carbocycles. The molecule has 1 aliphatic rings. The van der Waals surface area contributed by atoms with Crippen LogP contribution < -0.4 is 0 Å². The van der Waals surface area contributed by atoms with Crippen molar-refractivity contribution in [2.75, 3.05) is 13.1 Å². The number of hydrogen-bond donors (Lipinski definition) is 1. The summed E-state index contributed by atoms with van der Waals surface area (Å²) in [6.45, 7) is 8.90. The van der Waals surface area contributed by atoms with Crippen LogP contribution in [-0.4, -0.2) is 29.1 Å². The zero-order valence-corrected chi connectivity index (χ0v) is 11.1. The molecule has 2 unspecified atom stereocenters. The fraction of sp³-hybridized carbons (Fsp3) is 0.600. The monoisotopic (exact) mass is 233 g/mol. The van der Waals surface area contributed by atoms with Crippen LogP contribution in [0.4, 0.5) is 0 Å². The van der Waals surface area contributed by atoms with E-state index in [1.807, 2.05) is 30.3 Å². The highest BCUT2D eigenvalue weighted by atomic mass is 16.3. The third-order valence-corrected chi connectivity index (χ3v) is 3.88. The molecular formula is C15H23NO. The van der Waals surface area contributed by atoms with Crippen molar-refractivity contribution < 1.29 is 5.11 Å². The summed E-state index contributed by atoms with van der Waals surface area (Å²) >= 11 is 0. The molecule has 0 radical (unpaired) electrons. The van der Waals surface area contributed by atoms with Gasteiger partial charge in [-0.05, 0) is 30.9 Å². The predicted molar refractivity (Wildman–Crippen MR) is 70.8 cm³/mol. The fourth-order valence-corrected chi connectivity index (χ4v) is 2.63. The molecule has 1 fully saturated rings. The maximum absolute atomic E-state index is 10.4. The molecule has 17 heavy (non-hydrogen) atoms. The first-order valence-corrected chi connectivity index (χ1v) is 6.47. The average molecular weight is 233 g/mol. The fourth-order valence-electron chi connectivity index (χ4n) is 2.63. The van der Waals surface area contributed by atoms with Crippen molar-refractivity contribution in [1.82, 2.24) is 4.90 Å². The molecular weight excluding hydrogens is 210 g/mol. The maximum Gasteiger partial charge on any atom is 0.0942 e. The first-order valence-electron chi connectivity index (χ1n) is 6.47. The normalized spacial score (nSPS) is 23.5. The number of nitrogens with zero attached hydrogens (tertiary/aromatic N) is 1. The lowest BCUT2D eigenvalue weighted by atomic mass is 9.93. The van der Waals surface area contributed by atoms with Crippen molar-refractivity contribution in [2.24, 2.45) is 5.41 Å². The highest BCUT2D eigenvalue weighted by molar-refractivity contribution is 5.18. The van der Waals surface area contributed by atoms with E-state index in [1.165, 1.54) is 6.42 Å². The summed E-state index contributed by atoms with van der Waals surface area (Å²) in [4.78, 5) is 2.40. The Balaban J connectivity index is 2.03. The van der Waals surface area contributed by atoms with Gasteiger partial charge in [-0.25, -0.2) is 0 Å². The van der Waals surface area contributed by atoms with Gasteiger partial charge < -0.3 is 5.11 Å². The molecule has 0 aromatic heterocycles. The van der Waals surface area contributed by atoms with Crippen LogP contribution in [0.1, 0.15) is 38.9 Å². The van der Waals surface area contributed by atoms with Crippen molar-refractivity contribution in [2.45, 2.75) is 39.3 Å². The molecule has 2 heteroatoms. The molecule has 2 rings (SSSR count). The number of likely N-dealkylation sites (tertiary alicyclic amines) is 1. The summed E-state index contributed by atoms with van der Waals surface area (Å²) in [6.07, 6.45) is 0.837. The average Bonchev–Trinajstić information content (AvgIpc) is 2.69. The van der Waals surface area contributed by atoms with E-state index in [2.05, 4.69) is 25.7 Å². The van der Waals surface area contributed by atoms with Crippen molar-refractivity contribution >= 4 is 0 Å². The maximum atomic E-state index is 10.4. The minimum atomic E-state index is -0.384. The van der Waals surface area contributed by atoms with E-state index in [0.29, 0.717) is 5.41 Å². The van der Waals surface area contributed by atoms with Crippen molar-refractivity contribution in [3.63, 3.8) is 0 Å². The molecule has 0 bridgehead atoms. The van der Waals surface area contributed by atoms with Crippen LogP contribution in [0.25, 0.3) is 0 Å². The van der Waals surface area contributed by atoms with Gasteiger partial charge in [0.1, 0.15) is 0 Å². The van der Waals surface area contributed by atoms with Gasteiger partial charge in [0.05, 0.1) is 6.10 Å². The Morgan fingerprint density at radius 1 is 1.24 bits per heavy atom. The zero-order valence-electron chi connectivity index (χ0n) is 11.1. The summed E-state index contributed by atoms with van der Waals surface area (Å²) in [6, 6.07) is 10.2. The number of aliphatic hydroxyl groups is 1. The van der Waals surface area contributed by atoms with E-state index in [1.54, 1.807) is 0 Å². The molecule has 1 aliphatic heterocycles. The lowest BCUT2D eigenvalue weighted by Gasteiger charge is -2.30. The van der Waals surface area contributed by atoms with Gasteiger partial charge in [-0.1, -0.05) is 44.2 Å². The second-order valence-corrected chi connectivity index (χ2v) is 5.98. The smallest absolute Gasteiger partial charge is 0.0942 e. The largest absolute Gasteiger partial charge is 0.387 e. The van der Waals surface area contributed by atoms with E-state index in [4.69, 9.17) is 0 Å². The van der Waals surface area contributed by atoms with Gasteiger partial charge in [0.15, 0.2) is 0 Å². The van der Waals surface area contributed by atoms with E-state index in [0.717, 1.165) is 18.7 Å². The molecule has 0 saturated carbocycles. The Bertz CT molecular complexity index is 360. The van der Waals surface area contributed by atoms with Gasteiger partial charge in [-0.3, -0.25) is 4.90 Å². The lowest BCUT2D eigenvalue weighted by molar-refractivity contribution is 0.0664. The molecule has 0 spiro atoms. The number of benzene rings is 1. The summed E-state index contributed by atoms with van der Waals surface area (Å²) in [5, 5.41) is 10.4. The second kappa shape index (κ2) is 4.79. The number of aliphatic hydroxyl groups excluding tert-OH is 1. The van der Waals surface area contributed by atoms with Gasteiger partial charge in [-0.2, -0.15) is 0 Å². The lowest BCUT2D eigenvalue weighted by Crippen LogP contribution is -2.36. The molecule has 1 saturated heterocycles. The molecule has 1 heterocycles. The van der Waals surface area contributed by atoms with Crippen LogP contribution in [-0.2, 0) is 0 Å². The number of hydrogen-bond acceptors (Lipinski definition) is 2. The standard InChI is InChI=1S/C15H23NO/c1-12(16-10-9-15(2,3)11-16)14(17)13-7-5-4-6-8-13/h4-8,12,14,17H,9-11H2,1-3H3. The molecule has 2 atom stereocenters. The van der Waals surface area contributed by atoms with Crippen LogP contribution in [0, 0.1) is 5.41 Å². The third kappa shape index (κ3) is 2.88. The quantitative estimate of drug-likeness (QED) is 0.867. The summed E-state index contributed by atoms with van der Waals surface area (Å²) < 4.78 is 0. The second-order valence-electron chi connectivity index (χ2n) is 5.98. The SMILES string of the molecule is CC(C(O)c1ccccc1)N1CCC(C)(C)C1. The Labute approximate surface area is 104 Å². The van der Waals surface area contributed by atoms with Gasteiger partial charge in [0, 0.05) is 12.6 Å². The topological polar surface area (TPSA) is 23.5 Å². The van der Waals surface area contributed by atoms with Crippen molar-refractivity contribution in [3.8, 4) is 0 Å². The summed E-state index contributed by atoms with van der Waals surface area (Å²) in [7, 11) is 0. The van der Waals surface area contributed by atoms with Crippen molar-refractivity contribution in [1.29, 1.82) is 0 Å². The highest BCUT2D eigenvalue weighted by Crippen LogP contribution is 2.33. The molecule has 1 N–H and O–H groups in total. The molecule has 0 amide bonds. The number of rotatable bonds is 3. The van der Waals surface area contributed by atoms with Gasteiger partial charge in [0.25, 0.3) is 0 Å². The molecule has 0 aliphatic carbocycles. The Morgan fingerprint density at radius 3 is 2.41 bits per heavy atom. The Kier molecular flexibility index (Phi) is 3.55. The van der Waals surface area contributed by atoms with Gasteiger partial charge in [-0.15, -0.1) is 0 Å².